The number of carboxylic acids is 2. The third-order valence-electron chi connectivity index (χ3n) is 6.38. The molecule has 0 aliphatic carbocycles. The number of aliphatic carboxylic acids is 2. The first-order valence-corrected chi connectivity index (χ1v) is 21.4. The van der Waals surface area contributed by atoms with Crippen molar-refractivity contribution in [3.8, 4) is 0 Å². The number of carbonyl (C=O) groups is 2. The molecule has 0 unspecified atom stereocenters. The number of hydrogen-bond acceptors (Lipinski definition) is 5. The van der Waals surface area contributed by atoms with Gasteiger partial charge in [0.25, 0.3) is 0 Å². The molecule has 0 bridgehead atoms. The minimum Gasteiger partial charge on any atom is -0.442 e. The van der Waals surface area contributed by atoms with Gasteiger partial charge in [-0.2, -0.15) is 0 Å². The summed E-state index contributed by atoms with van der Waals surface area (Å²) < 4.78 is 3.25. The molecule has 0 heterocycles. The maximum Gasteiger partial charge on any atom is 0.141 e. The van der Waals surface area contributed by atoms with Gasteiger partial charge in [0.2, 0.25) is 0 Å². The van der Waals surface area contributed by atoms with Gasteiger partial charge in [-0.1, -0.05) is 117 Å². The molecular formula is C32H68O5SiSn. The normalized spacial score (nSPS) is 9.77. The molecule has 5 nitrogen and oxygen atoms in total. The Bertz CT molecular complexity index is 401. The van der Waals surface area contributed by atoms with E-state index in [1.165, 1.54) is 116 Å². The molecule has 39 heavy (non-hydrogen) atoms. The minimum absolute atomic E-state index is 0.149. The Labute approximate surface area is 257 Å². The second-order valence-corrected chi connectivity index (χ2v) is 14.6. The quantitative estimate of drug-likeness (QED) is 0.0811. The van der Waals surface area contributed by atoms with E-state index in [9.17, 15) is 19.8 Å². The first-order chi connectivity index (χ1) is 19.0. The molecular weight excluding hydrogens is 611 g/mol. The van der Waals surface area contributed by atoms with Gasteiger partial charge in [0.05, 0.1) is 0 Å². The first-order valence-electron chi connectivity index (χ1n) is 16.5. The fraction of sp³-hybridized carbons (Fsp3) is 0.938. The Morgan fingerprint density at radius 1 is 0.462 bits per heavy atom. The van der Waals surface area contributed by atoms with Crippen molar-refractivity contribution in [1.29, 1.82) is 0 Å². The molecule has 7 heteroatoms. The van der Waals surface area contributed by atoms with Crippen molar-refractivity contribution < 1.29 is 24.6 Å². The van der Waals surface area contributed by atoms with Crippen LogP contribution in [-0.2, 0) is 9.59 Å². The molecule has 0 aliphatic heterocycles. The Morgan fingerprint density at radius 2 is 0.692 bits per heavy atom. The summed E-state index contributed by atoms with van der Waals surface area (Å²) in [7, 11) is 0.306. The van der Waals surface area contributed by atoms with Crippen molar-refractivity contribution in [2.75, 3.05) is 0 Å². The number of carboxylic acid groups (broad SMARTS) is 2. The van der Waals surface area contributed by atoms with Crippen LogP contribution >= 0.6 is 0 Å². The Morgan fingerprint density at radius 3 is 0.923 bits per heavy atom. The molecule has 0 fully saturated rings. The van der Waals surface area contributed by atoms with Gasteiger partial charge in [-0.15, -0.1) is 0 Å². The summed E-state index contributed by atoms with van der Waals surface area (Å²) in [6.45, 7) is 9.03. The molecule has 0 atom stereocenters. The van der Waals surface area contributed by atoms with Crippen LogP contribution in [0.15, 0.2) is 0 Å². The van der Waals surface area contributed by atoms with E-state index in [-0.39, 0.29) is 34.0 Å². The van der Waals surface area contributed by atoms with Crippen LogP contribution in [0.25, 0.3) is 0 Å². The third kappa shape index (κ3) is 62.8. The fourth-order valence-corrected chi connectivity index (χ4v) is 8.05. The predicted molar refractivity (Wildman–Crippen MR) is 171 cm³/mol. The molecule has 1 N–H and O–H groups in total. The standard InChI is InChI=1S/2C12H24O2.2C4H9.H4OSi.Sn/c2*1-2-3-4-5-6-7-8-9-10-11-12(13)14;2*1-3-4-2;1-2;/h2*2-11H2,1H3,(H,13,14);2*1,3-4H2,2H3;1H,2H3;/q;;;;;+2/p-2. The summed E-state index contributed by atoms with van der Waals surface area (Å²) in [5.74, 6) is -1.82. The van der Waals surface area contributed by atoms with E-state index in [1.807, 2.05) is 0 Å². The van der Waals surface area contributed by atoms with Gasteiger partial charge in [0.15, 0.2) is 0 Å². The SMILES string of the molecule is CCCCCCCCCCCC(=O)[O-].CCCCCCCCCCCC(=O)[O-].CCC[CH2][Sn+2][CH2]CCC.O[SiH3]. The predicted octanol–water partition coefficient (Wildman–Crippen LogP) is 6.70. The van der Waals surface area contributed by atoms with Gasteiger partial charge in [-0.25, -0.2) is 0 Å². The molecule has 0 radical (unpaired) electrons. The van der Waals surface area contributed by atoms with Gasteiger partial charge in [-0.3, -0.25) is 0 Å². The minimum atomic E-state index is -0.909. The zero-order valence-electron chi connectivity index (χ0n) is 27.0. The maximum atomic E-state index is 10.1. The average molecular weight is 680 g/mol. The fourth-order valence-electron chi connectivity index (χ4n) is 3.89. The number of rotatable bonds is 26. The van der Waals surface area contributed by atoms with Crippen molar-refractivity contribution in [2.45, 2.75) is 191 Å². The molecule has 0 saturated heterocycles. The van der Waals surface area contributed by atoms with Crippen LogP contribution < -0.4 is 10.2 Å². The van der Waals surface area contributed by atoms with E-state index in [0.29, 0.717) is 10.5 Å². The molecule has 0 aromatic carbocycles. The summed E-state index contributed by atoms with van der Waals surface area (Å²) in [5.41, 5.74) is 0. The Kier molecular flexibility index (Phi) is 56.1. The van der Waals surface area contributed by atoms with E-state index in [0.717, 1.165) is 25.7 Å². The van der Waals surface area contributed by atoms with Crippen molar-refractivity contribution in [3.63, 3.8) is 0 Å². The van der Waals surface area contributed by atoms with Crippen LogP contribution in [-0.4, -0.2) is 48.4 Å². The number of hydrogen-bond donors (Lipinski definition) is 1. The first kappa shape index (κ1) is 45.9. The second kappa shape index (κ2) is 47.7. The molecule has 0 rings (SSSR count). The summed E-state index contributed by atoms with van der Waals surface area (Å²) in [4.78, 5) is 27.3. The molecule has 0 saturated carbocycles. The van der Waals surface area contributed by atoms with E-state index >= 15 is 0 Å². The van der Waals surface area contributed by atoms with Gasteiger partial charge in [-0.05, 0) is 25.7 Å². The van der Waals surface area contributed by atoms with Gasteiger partial charge in [0.1, 0.15) is 10.5 Å². The molecule has 234 valence electrons. The van der Waals surface area contributed by atoms with Crippen LogP contribution in [0.2, 0.25) is 8.87 Å². The van der Waals surface area contributed by atoms with Gasteiger partial charge in [0, 0.05) is 11.9 Å². The molecule has 0 spiro atoms. The van der Waals surface area contributed by atoms with Gasteiger partial charge < -0.3 is 24.6 Å². The Hall–Kier alpha value is -0.0844. The summed E-state index contributed by atoms with van der Waals surface area (Å²) in [6.07, 6.45) is 28.2. The monoisotopic (exact) mass is 680 g/mol. The van der Waals surface area contributed by atoms with Crippen LogP contribution in [0.4, 0.5) is 0 Å². The largest absolute Gasteiger partial charge is 0.442 e. The van der Waals surface area contributed by atoms with Crippen LogP contribution in [0.1, 0.15) is 182 Å². The molecule has 0 aromatic rings. The smallest absolute Gasteiger partial charge is 0.141 e. The summed E-state index contributed by atoms with van der Waals surface area (Å²) in [5, 5.41) is 20.2. The maximum absolute atomic E-state index is 10.1. The van der Waals surface area contributed by atoms with Crippen LogP contribution in [0, 0.1) is 0 Å². The zero-order valence-corrected chi connectivity index (χ0v) is 31.8. The van der Waals surface area contributed by atoms with Crippen molar-refractivity contribution in [2.24, 2.45) is 0 Å². The second-order valence-electron chi connectivity index (χ2n) is 10.4. The van der Waals surface area contributed by atoms with E-state index in [1.54, 1.807) is 8.87 Å². The number of unbranched alkanes of at least 4 members (excludes halogenated alkanes) is 18. The van der Waals surface area contributed by atoms with E-state index in [2.05, 4.69) is 27.7 Å². The zero-order chi connectivity index (χ0) is 30.2. The summed E-state index contributed by atoms with van der Waals surface area (Å²) >= 11 is 0.149. The van der Waals surface area contributed by atoms with Crippen LogP contribution in [0.3, 0.4) is 0 Å². The molecule has 0 amide bonds. The van der Waals surface area contributed by atoms with Crippen molar-refractivity contribution in [1.82, 2.24) is 0 Å². The van der Waals surface area contributed by atoms with E-state index in [4.69, 9.17) is 4.80 Å². The summed E-state index contributed by atoms with van der Waals surface area (Å²) in [6, 6.07) is 0. The van der Waals surface area contributed by atoms with Gasteiger partial charge >= 0.3 is 69.5 Å². The van der Waals surface area contributed by atoms with Crippen LogP contribution in [0.5, 0.6) is 0 Å². The molecule has 0 aromatic heterocycles. The topological polar surface area (TPSA) is 100 Å². The van der Waals surface area contributed by atoms with E-state index < -0.39 is 11.9 Å². The Balaban J connectivity index is -0.000000233. The van der Waals surface area contributed by atoms with Crippen molar-refractivity contribution in [3.05, 3.63) is 0 Å². The van der Waals surface area contributed by atoms with Crippen molar-refractivity contribution >= 4 is 43.6 Å². The molecule has 0 aliphatic rings. The third-order valence-corrected chi connectivity index (χ3v) is 10.4. The average Bonchev–Trinajstić information content (AvgIpc) is 2.93. The number of carbonyl (C=O) groups excluding carboxylic acids is 2.